The highest BCUT2D eigenvalue weighted by Gasteiger charge is 2.30. The van der Waals surface area contributed by atoms with Crippen LogP contribution >= 0.6 is 0 Å². The van der Waals surface area contributed by atoms with E-state index in [-0.39, 0.29) is 12.1 Å². The fraction of sp³-hybridized carbons (Fsp3) is 0.667. The van der Waals surface area contributed by atoms with E-state index in [0.717, 1.165) is 18.1 Å². The quantitative estimate of drug-likeness (QED) is 0.791. The topological polar surface area (TPSA) is 50.6 Å². The lowest BCUT2D eigenvalue weighted by Gasteiger charge is -2.35. The molecule has 0 spiro atoms. The summed E-state index contributed by atoms with van der Waals surface area (Å²) >= 11 is 0. The Balaban J connectivity index is 2.24. The summed E-state index contributed by atoms with van der Waals surface area (Å²) in [6.07, 6.45) is 1.83. The number of hydrogen-bond donors (Lipinski definition) is 0. The summed E-state index contributed by atoms with van der Waals surface area (Å²) < 4.78 is 7.30. The molecule has 6 nitrogen and oxygen atoms in total. The molecule has 2 rings (SSSR count). The van der Waals surface area contributed by atoms with Crippen molar-refractivity contribution in [2.45, 2.75) is 26.1 Å². The Morgan fingerprint density at radius 3 is 2.89 bits per heavy atom. The van der Waals surface area contributed by atoms with Gasteiger partial charge in [-0.15, -0.1) is 0 Å². The zero-order valence-corrected chi connectivity index (χ0v) is 11.4. The van der Waals surface area contributed by atoms with Gasteiger partial charge in [-0.3, -0.25) is 0 Å². The molecule has 1 aliphatic heterocycles. The van der Waals surface area contributed by atoms with Gasteiger partial charge in [-0.1, -0.05) is 0 Å². The molecule has 0 saturated carbocycles. The van der Waals surface area contributed by atoms with Crippen molar-refractivity contribution >= 4 is 6.03 Å². The Labute approximate surface area is 107 Å². The SMILES string of the molecule is COCc1cnc2n1CCN(C(=O)N(C)C)[C@@H]2C. The number of amides is 2. The molecule has 1 atom stereocenters. The number of fused-ring (bicyclic) bond motifs is 1. The first kappa shape index (κ1) is 12.9. The van der Waals surface area contributed by atoms with Gasteiger partial charge in [0.05, 0.1) is 24.5 Å². The molecule has 2 heterocycles. The number of ether oxygens (including phenoxy) is 1. The van der Waals surface area contributed by atoms with Gasteiger partial charge < -0.3 is 19.1 Å². The number of aromatic nitrogens is 2. The second kappa shape index (κ2) is 4.97. The van der Waals surface area contributed by atoms with E-state index < -0.39 is 0 Å². The third kappa shape index (κ3) is 2.08. The second-order valence-electron chi connectivity index (χ2n) is 4.74. The van der Waals surface area contributed by atoms with Crippen LogP contribution in [0.25, 0.3) is 0 Å². The van der Waals surface area contributed by atoms with E-state index in [1.54, 1.807) is 26.1 Å². The first-order valence-electron chi connectivity index (χ1n) is 6.07. The van der Waals surface area contributed by atoms with Crippen LogP contribution in [0, 0.1) is 0 Å². The van der Waals surface area contributed by atoms with E-state index in [1.807, 2.05) is 18.0 Å². The highest BCUT2D eigenvalue weighted by molar-refractivity contribution is 5.74. The fourth-order valence-corrected chi connectivity index (χ4v) is 2.34. The lowest BCUT2D eigenvalue weighted by atomic mass is 10.2. The molecule has 0 saturated heterocycles. The number of nitrogens with zero attached hydrogens (tertiary/aromatic N) is 4. The van der Waals surface area contributed by atoms with E-state index in [0.29, 0.717) is 13.2 Å². The maximum Gasteiger partial charge on any atom is 0.320 e. The van der Waals surface area contributed by atoms with Crippen LogP contribution in [0.15, 0.2) is 6.20 Å². The molecular weight excluding hydrogens is 232 g/mol. The summed E-state index contributed by atoms with van der Waals surface area (Å²) in [4.78, 5) is 19.9. The van der Waals surface area contributed by atoms with Gasteiger partial charge in [0.15, 0.2) is 0 Å². The summed E-state index contributed by atoms with van der Waals surface area (Å²) in [6, 6.07) is 0.0318. The maximum absolute atomic E-state index is 12.0. The lowest BCUT2D eigenvalue weighted by Crippen LogP contribution is -2.46. The number of hydrogen-bond acceptors (Lipinski definition) is 3. The Morgan fingerprint density at radius 2 is 2.28 bits per heavy atom. The summed E-state index contributed by atoms with van der Waals surface area (Å²) in [7, 11) is 5.22. The first-order valence-corrected chi connectivity index (χ1v) is 6.07. The van der Waals surface area contributed by atoms with Gasteiger partial charge >= 0.3 is 6.03 Å². The molecule has 0 radical (unpaired) electrons. The van der Waals surface area contributed by atoms with Crippen LogP contribution in [-0.4, -0.2) is 53.1 Å². The summed E-state index contributed by atoms with van der Waals surface area (Å²) in [5, 5.41) is 0. The molecule has 0 bridgehead atoms. The molecule has 1 aliphatic rings. The molecule has 2 amide bonds. The smallest absolute Gasteiger partial charge is 0.320 e. The Kier molecular flexibility index (Phi) is 3.56. The minimum atomic E-state index is -0.000689. The molecule has 1 aromatic heterocycles. The summed E-state index contributed by atoms with van der Waals surface area (Å²) in [6.45, 7) is 4.05. The number of urea groups is 1. The summed E-state index contributed by atoms with van der Waals surface area (Å²) in [5.41, 5.74) is 1.07. The van der Waals surface area contributed by atoms with Gasteiger partial charge in [0.2, 0.25) is 0 Å². The molecule has 100 valence electrons. The van der Waals surface area contributed by atoms with Crippen molar-refractivity contribution in [3.05, 3.63) is 17.7 Å². The van der Waals surface area contributed by atoms with Crippen molar-refractivity contribution in [3.63, 3.8) is 0 Å². The van der Waals surface area contributed by atoms with Crippen molar-refractivity contribution in [2.24, 2.45) is 0 Å². The van der Waals surface area contributed by atoms with Crippen LogP contribution in [-0.2, 0) is 17.9 Å². The molecule has 0 fully saturated rings. The van der Waals surface area contributed by atoms with Crippen LogP contribution < -0.4 is 0 Å². The Bertz CT molecular complexity index is 441. The van der Waals surface area contributed by atoms with Gasteiger partial charge in [-0.2, -0.15) is 0 Å². The van der Waals surface area contributed by atoms with Gasteiger partial charge in [-0.25, -0.2) is 9.78 Å². The van der Waals surface area contributed by atoms with Gasteiger partial charge in [0.1, 0.15) is 5.82 Å². The minimum absolute atomic E-state index is 0.000689. The number of imidazole rings is 1. The Hall–Kier alpha value is -1.56. The molecular formula is C12H20N4O2. The zero-order chi connectivity index (χ0) is 13.3. The third-order valence-electron chi connectivity index (χ3n) is 3.30. The highest BCUT2D eigenvalue weighted by Crippen LogP contribution is 2.26. The average Bonchev–Trinajstić information content (AvgIpc) is 2.74. The Morgan fingerprint density at radius 1 is 1.56 bits per heavy atom. The number of methoxy groups -OCH3 is 1. The van der Waals surface area contributed by atoms with Crippen LogP contribution in [0.2, 0.25) is 0 Å². The average molecular weight is 252 g/mol. The van der Waals surface area contributed by atoms with Crippen molar-refractivity contribution in [1.29, 1.82) is 0 Å². The predicted molar refractivity (Wildman–Crippen MR) is 67.1 cm³/mol. The number of carbonyl (C=O) groups excluding carboxylic acids is 1. The van der Waals surface area contributed by atoms with Crippen molar-refractivity contribution in [1.82, 2.24) is 19.4 Å². The minimum Gasteiger partial charge on any atom is -0.378 e. The zero-order valence-electron chi connectivity index (χ0n) is 11.4. The van der Waals surface area contributed by atoms with Crippen LogP contribution in [0.3, 0.4) is 0 Å². The van der Waals surface area contributed by atoms with Crippen molar-refractivity contribution in [2.75, 3.05) is 27.7 Å². The van der Waals surface area contributed by atoms with E-state index in [9.17, 15) is 4.79 Å². The number of rotatable bonds is 2. The van der Waals surface area contributed by atoms with Crippen molar-refractivity contribution < 1.29 is 9.53 Å². The van der Waals surface area contributed by atoms with E-state index in [4.69, 9.17) is 4.74 Å². The maximum atomic E-state index is 12.0. The van der Waals surface area contributed by atoms with Gasteiger partial charge in [0, 0.05) is 34.3 Å². The molecule has 1 aromatic rings. The van der Waals surface area contributed by atoms with Crippen LogP contribution in [0.1, 0.15) is 24.5 Å². The number of carbonyl (C=O) groups is 1. The van der Waals surface area contributed by atoms with Gasteiger partial charge in [-0.05, 0) is 6.92 Å². The lowest BCUT2D eigenvalue weighted by molar-refractivity contribution is 0.132. The van der Waals surface area contributed by atoms with Crippen molar-refractivity contribution in [3.8, 4) is 0 Å². The predicted octanol–water partition coefficient (Wildman–Crippen LogP) is 1.09. The molecule has 0 N–H and O–H groups in total. The third-order valence-corrected chi connectivity index (χ3v) is 3.30. The molecule has 6 heteroatoms. The van der Waals surface area contributed by atoms with E-state index in [2.05, 4.69) is 9.55 Å². The largest absolute Gasteiger partial charge is 0.378 e. The van der Waals surface area contributed by atoms with E-state index >= 15 is 0 Å². The van der Waals surface area contributed by atoms with Gasteiger partial charge in [0.25, 0.3) is 0 Å². The van der Waals surface area contributed by atoms with Crippen LogP contribution in [0.4, 0.5) is 4.79 Å². The summed E-state index contributed by atoms with van der Waals surface area (Å²) in [5.74, 6) is 0.934. The molecule has 0 unspecified atom stereocenters. The second-order valence-corrected chi connectivity index (χ2v) is 4.74. The molecule has 0 aromatic carbocycles. The van der Waals surface area contributed by atoms with E-state index in [1.165, 1.54) is 0 Å². The highest BCUT2D eigenvalue weighted by atomic mass is 16.5. The first-order chi connectivity index (χ1) is 8.56. The normalized spacial score (nSPS) is 18.7. The molecule has 18 heavy (non-hydrogen) atoms. The molecule has 0 aliphatic carbocycles. The fourth-order valence-electron chi connectivity index (χ4n) is 2.34. The monoisotopic (exact) mass is 252 g/mol. The van der Waals surface area contributed by atoms with Crippen LogP contribution in [0.5, 0.6) is 0 Å². The standard InChI is InChI=1S/C12H20N4O2/c1-9-11-13-7-10(8-18-4)16(11)6-5-15(9)12(17)14(2)3/h7,9H,5-6,8H2,1-4H3/t9-/m1/s1.